The molecule has 120 valence electrons. The maximum atomic E-state index is 11.8. The molecule has 0 amide bonds. The number of carbonyl (C=O) groups excluding carboxylic acids is 1. The van der Waals surface area contributed by atoms with E-state index in [0.29, 0.717) is 12.0 Å². The van der Waals surface area contributed by atoms with Crippen molar-refractivity contribution < 1.29 is 19.2 Å². The SMILES string of the molecule is CC=CCOc1ccc(C(CCC)C(=O)OC)cc1[N+](=O)[O-]. The summed E-state index contributed by atoms with van der Waals surface area (Å²) in [5, 5.41) is 11.2. The number of allylic oxidation sites excluding steroid dienone is 1. The van der Waals surface area contributed by atoms with Gasteiger partial charge in [-0.15, -0.1) is 0 Å². The number of rotatable bonds is 8. The van der Waals surface area contributed by atoms with Gasteiger partial charge in [0.1, 0.15) is 6.61 Å². The molecule has 1 unspecified atom stereocenters. The van der Waals surface area contributed by atoms with Gasteiger partial charge in [-0.05, 0) is 25.0 Å². The summed E-state index contributed by atoms with van der Waals surface area (Å²) < 4.78 is 10.2. The van der Waals surface area contributed by atoms with Crippen molar-refractivity contribution in [3.8, 4) is 5.75 Å². The molecule has 1 aromatic rings. The predicted octanol–water partition coefficient (Wildman–Crippen LogP) is 3.61. The molecule has 1 aromatic carbocycles. The topological polar surface area (TPSA) is 78.7 Å². The largest absolute Gasteiger partial charge is 0.483 e. The van der Waals surface area contributed by atoms with Crippen LogP contribution in [0.15, 0.2) is 30.4 Å². The number of nitro groups is 1. The van der Waals surface area contributed by atoms with Gasteiger partial charge in [0.15, 0.2) is 5.75 Å². The Bertz CT molecular complexity index is 553. The minimum atomic E-state index is -0.505. The molecule has 0 aliphatic carbocycles. The van der Waals surface area contributed by atoms with Crippen molar-refractivity contribution in [2.24, 2.45) is 0 Å². The van der Waals surface area contributed by atoms with Crippen LogP contribution in [0, 0.1) is 10.1 Å². The van der Waals surface area contributed by atoms with Gasteiger partial charge in [0, 0.05) is 6.07 Å². The van der Waals surface area contributed by atoms with Crippen LogP contribution in [0.25, 0.3) is 0 Å². The van der Waals surface area contributed by atoms with Crippen molar-refractivity contribution in [3.63, 3.8) is 0 Å². The molecule has 0 aliphatic heterocycles. The van der Waals surface area contributed by atoms with E-state index in [-0.39, 0.29) is 18.0 Å². The van der Waals surface area contributed by atoms with E-state index in [1.165, 1.54) is 19.2 Å². The average Bonchev–Trinajstić information content (AvgIpc) is 2.52. The van der Waals surface area contributed by atoms with Crippen LogP contribution in [0.2, 0.25) is 0 Å². The number of ether oxygens (including phenoxy) is 2. The highest BCUT2D eigenvalue weighted by molar-refractivity contribution is 5.78. The lowest BCUT2D eigenvalue weighted by Crippen LogP contribution is -2.14. The fraction of sp³-hybridized carbons (Fsp3) is 0.438. The Morgan fingerprint density at radius 3 is 2.73 bits per heavy atom. The van der Waals surface area contributed by atoms with Crippen LogP contribution in [0.5, 0.6) is 5.75 Å². The molecule has 0 saturated carbocycles. The number of nitrogens with zero attached hydrogens (tertiary/aromatic N) is 1. The lowest BCUT2D eigenvalue weighted by atomic mass is 9.94. The number of carbonyl (C=O) groups is 1. The summed E-state index contributed by atoms with van der Waals surface area (Å²) in [6, 6.07) is 4.60. The second-order valence-electron chi connectivity index (χ2n) is 4.73. The molecule has 0 fully saturated rings. The number of hydrogen-bond donors (Lipinski definition) is 0. The summed E-state index contributed by atoms with van der Waals surface area (Å²) in [6.45, 7) is 4.04. The minimum Gasteiger partial charge on any atom is -0.483 e. The molecular formula is C16H21NO5. The Labute approximate surface area is 129 Å². The maximum Gasteiger partial charge on any atom is 0.313 e. The summed E-state index contributed by atoms with van der Waals surface area (Å²) in [6.07, 6.45) is 4.90. The summed E-state index contributed by atoms with van der Waals surface area (Å²) >= 11 is 0. The van der Waals surface area contributed by atoms with E-state index in [1.807, 2.05) is 13.8 Å². The first-order chi connectivity index (χ1) is 10.5. The van der Waals surface area contributed by atoms with Crippen molar-refractivity contribution in [3.05, 3.63) is 46.0 Å². The lowest BCUT2D eigenvalue weighted by Gasteiger charge is -2.15. The average molecular weight is 307 g/mol. The van der Waals surface area contributed by atoms with E-state index >= 15 is 0 Å². The summed E-state index contributed by atoms with van der Waals surface area (Å²) in [5.74, 6) is -0.705. The zero-order valence-corrected chi connectivity index (χ0v) is 13.1. The molecular weight excluding hydrogens is 286 g/mol. The molecule has 1 rings (SSSR count). The van der Waals surface area contributed by atoms with Crippen molar-refractivity contribution in [2.45, 2.75) is 32.6 Å². The molecule has 1 atom stereocenters. The van der Waals surface area contributed by atoms with Gasteiger partial charge < -0.3 is 9.47 Å². The third-order valence-corrected chi connectivity index (χ3v) is 3.22. The third kappa shape index (κ3) is 4.58. The fourth-order valence-corrected chi connectivity index (χ4v) is 2.10. The highest BCUT2D eigenvalue weighted by Gasteiger charge is 2.24. The molecule has 6 heteroatoms. The molecule has 0 spiro atoms. The quantitative estimate of drug-likeness (QED) is 0.317. The first-order valence-electron chi connectivity index (χ1n) is 7.15. The second-order valence-corrected chi connectivity index (χ2v) is 4.73. The van der Waals surface area contributed by atoms with Gasteiger partial charge in [-0.3, -0.25) is 14.9 Å². The maximum absolute atomic E-state index is 11.8. The number of nitro benzene ring substituents is 1. The molecule has 0 aliphatic rings. The molecule has 0 radical (unpaired) electrons. The van der Waals surface area contributed by atoms with Gasteiger partial charge in [-0.25, -0.2) is 0 Å². The normalized spacial score (nSPS) is 12.1. The van der Waals surface area contributed by atoms with Crippen molar-refractivity contribution in [1.82, 2.24) is 0 Å². The minimum absolute atomic E-state index is 0.146. The highest BCUT2D eigenvalue weighted by atomic mass is 16.6. The Hall–Kier alpha value is -2.37. The molecule has 6 nitrogen and oxygen atoms in total. The Morgan fingerprint density at radius 2 is 2.18 bits per heavy atom. The Kier molecular flexibility index (Phi) is 7.08. The van der Waals surface area contributed by atoms with E-state index in [1.54, 1.807) is 18.2 Å². The monoisotopic (exact) mass is 307 g/mol. The number of methoxy groups -OCH3 is 1. The van der Waals surface area contributed by atoms with Gasteiger partial charge in [-0.2, -0.15) is 0 Å². The van der Waals surface area contributed by atoms with E-state index in [4.69, 9.17) is 9.47 Å². The first kappa shape index (κ1) is 17.7. The van der Waals surface area contributed by atoms with Gasteiger partial charge in [0.05, 0.1) is 18.0 Å². The van der Waals surface area contributed by atoms with Crippen LogP contribution < -0.4 is 4.74 Å². The summed E-state index contributed by atoms with van der Waals surface area (Å²) in [4.78, 5) is 22.6. The number of benzene rings is 1. The van der Waals surface area contributed by atoms with Gasteiger partial charge >= 0.3 is 11.7 Å². The van der Waals surface area contributed by atoms with Crippen LogP contribution in [-0.2, 0) is 9.53 Å². The second kappa shape index (κ2) is 8.81. The van der Waals surface area contributed by atoms with Crippen LogP contribution in [-0.4, -0.2) is 24.6 Å². The van der Waals surface area contributed by atoms with E-state index in [2.05, 4.69) is 0 Å². The molecule has 0 heterocycles. The van der Waals surface area contributed by atoms with E-state index in [0.717, 1.165) is 6.42 Å². The predicted molar refractivity (Wildman–Crippen MR) is 83.1 cm³/mol. The first-order valence-corrected chi connectivity index (χ1v) is 7.15. The van der Waals surface area contributed by atoms with Crippen LogP contribution >= 0.6 is 0 Å². The van der Waals surface area contributed by atoms with Crippen LogP contribution in [0.3, 0.4) is 0 Å². The molecule has 0 aromatic heterocycles. The lowest BCUT2D eigenvalue weighted by molar-refractivity contribution is -0.385. The zero-order valence-electron chi connectivity index (χ0n) is 13.1. The standard InChI is InChI=1S/C16H21NO5/c1-4-6-10-22-15-9-8-12(11-14(15)17(19)20)13(7-5-2)16(18)21-3/h4,6,8-9,11,13H,5,7,10H2,1-3H3. The molecule has 0 saturated heterocycles. The fourth-order valence-electron chi connectivity index (χ4n) is 2.10. The molecule has 0 bridgehead atoms. The van der Waals surface area contributed by atoms with Gasteiger partial charge in [-0.1, -0.05) is 31.6 Å². The van der Waals surface area contributed by atoms with E-state index in [9.17, 15) is 14.9 Å². The number of esters is 1. The molecule has 22 heavy (non-hydrogen) atoms. The zero-order chi connectivity index (χ0) is 16.5. The van der Waals surface area contributed by atoms with Gasteiger partial charge in [0.2, 0.25) is 0 Å². The number of hydrogen-bond acceptors (Lipinski definition) is 5. The third-order valence-electron chi connectivity index (χ3n) is 3.22. The summed E-state index contributed by atoms with van der Waals surface area (Å²) in [7, 11) is 1.31. The van der Waals surface area contributed by atoms with Crippen molar-refractivity contribution in [1.29, 1.82) is 0 Å². The summed E-state index contributed by atoms with van der Waals surface area (Å²) in [5.41, 5.74) is 0.422. The Balaban J connectivity index is 3.14. The highest BCUT2D eigenvalue weighted by Crippen LogP contribution is 2.32. The van der Waals surface area contributed by atoms with Crippen LogP contribution in [0.1, 0.15) is 38.2 Å². The molecule has 0 N–H and O–H groups in total. The van der Waals surface area contributed by atoms with Crippen molar-refractivity contribution >= 4 is 11.7 Å². The van der Waals surface area contributed by atoms with E-state index < -0.39 is 16.8 Å². The van der Waals surface area contributed by atoms with Gasteiger partial charge in [0.25, 0.3) is 0 Å². The Morgan fingerprint density at radius 1 is 1.45 bits per heavy atom. The smallest absolute Gasteiger partial charge is 0.313 e. The van der Waals surface area contributed by atoms with Crippen LogP contribution in [0.4, 0.5) is 5.69 Å². The van der Waals surface area contributed by atoms with Crippen molar-refractivity contribution in [2.75, 3.05) is 13.7 Å².